The molecule has 1 aromatic carbocycles. The number of sulfone groups is 1. The van der Waals surface area contributed by atoms with Crippen molar-refractivity contribution >= 4 is 27.3 Å². The maximum atomic E-state index is 12.6. The highest BCUT2D eigenvalue weighted by atomic mass is 32.2. The molecule has 27 heavy (non-hydrogen) atoms. The third kappa shape index (κ3) is 5.07. The van der Waals surface area contributed by atoms with Crippen LogP contribution < -0.4 is 5.32 Å². The van der Waals surface area contributed by atoms with Gasteiger partial charge in [0.2, 0.25) is 11.8 Å². The summed E-state index contributed by atoms with van der Waals surface area (Å²) in [7, 11) is -5.49. The number of amides is 2. The van der Waals surface area contributed by atoms with Crippen LogP contribution in [-0.4, -0.2) is 68.3 Å². The van der Waals surface area contributed by atoms with Gasteiger partial charge in [-0.3, -0.25) is 14.5 Å². The summed E-state index contributed by atoms with van der Waals surface area (Å²) in [5.41, 5.74) is -5.47. The van der Waals surface area contributed by atoms with Crippen LogP contribution in [0.2, 0.25) is 0 Å². The molecule has 2 rings (SSSR count). The molecule has 0 atom stereocenters. The number of nitrogens with zero attached hydrogens (tertiary/aromatic N) is 2. The number of carbonyl (C=O) groups excluding carboxylic acids is 2. The van der Waals surface area contributed by atoms with Crippen LogP contribution in [0.4, 0.5) is 18.9 Å². The summed E-state index contributed by atoms with van der Waals surface area (Å²) in [5.74, 6) is -0.693. The number of nitrogens with one attached hydrogen (secondary N) is 1. The van der Waals surface area contributed by atoms with Gasteiger partial charge in [-0.05, 0) is 24.3 Å². The first-order valence-electron chi connectivity index (χ1n) is 7.89. The second-order valence-corrected chi connectivity index (χ2v) is 7.77. The Kier molecular flexibility index (Phi) is 6.26. The number of rotatable bonds is 5. The lowest BCUT2D eigenvalue weighted by Crippen LogP contribution is -2.50. The Bertz CT molecular complexity index is 832. The van der Waals surface area contributed by atoms with Gasteiger partial charge in [0.25, 0.3) is 9.84 Å². The molecule has 7 nitrogen and oxygen atoms in total. The lowest BCUT2D eigenvalue weighted by Gasteiger charge is -2.33. The molecule has 0 spiro atoms. The zero-order chi connectivity index (χ0) is 20.2. The van der Waals surface area contributed by atoms with Gasteiger partial charge in [-0.2, -0.15) is 13.2 Å². The number of hydrogen-bond donors (Lipinski definition) is 1. The van der Waals surface area contributed by atoms with Crippen LogP contribution in [0.25, 0.3) is 0 Å². The van der Waals surface area contributed by atoms with Gasteiger partial charge in [-0.15, -0.1) is 0 Å². The lowest BCUT2D eigenvalue weighted by molar-refractivity contribution is -0.128. The van der Waals surface area contributed by atoms with Crippen molar-refractivity contribution in [3.05, 3.63) is 36.9 Å². The number of anilines is 1. The van der Waals surface area contributed by atoms with E-state index >= 15 is 0 Å². The second-order valence-electron chi connectivity index (χ2n) is 5.83. The topological polar surface area (TPSA) is 86.8 Å². The third-order valence-electron chi connectivity index (χ3n) is 3.96. The number of hydrogen-bond acceptors (Lipinski definition) is 5. The minimum Gasteiger partial charge on any atom is -0.337 e. The number of halogens is 3. The Balaban J connectivity index is 1.96. The van der Waals surface area contributed by atoms with Crippen molar-refractivity contribution in [1.29, 1.82) is 0 Å². The predicted molar refractivity (Wildman–Crippen MR) is 91.5 cm³/mol. The fraction of sp³-hybridized carbons (Fsp3) is 0.375. The van der Waals surface area contributed by atoms with Crippen molar-refractivity contribution in [2.75, 3.05) is 38.0 Å². The van der Waals surface area contributed by atoms with Gasteiger partial charge in [0.15, 0.2) is 0 Å². The van der Waals surface area contributed by atoms with Gasteiger partial charge in [0, 0.05) is 31.9 Å². The number of benzene rings is 1. The molecule has 1 fully saturated rings. The zero-order valence-corrected chi connectivity index (χ0v) is 15.0. The van der Waals surface area contributed by atoms with Crippen molar-refractivity contribution < 1.29 is 31.2 Å². The highest BCUT2D eigenvalue weighted by molar-refractivity contribution is 7.92. The van der Waals surface area contributed by atoms with Gasteiger partial charge in [-0.1, -0.05) is 12.6 Å². The molecule has 11 heteroatoms. The molecule has 0 aliphatic carbocycles. The van der Waals surface area contributed by atoms with Crippen molar-refractivity contribution in [3.63, 3.8) is 0 Å². The van der Waals surface area contributed by atoms with Crippen LogP contribution >= 0.6 is 0 Å². The Morgan fingerprint density at radius 1 is 1.19 bits per heavy atom. The molecule has 1 aliphatic heterocycles. The Hall–Kier alpha value is -2.40. The number of carbonyl (C=O) groups is 2. The predicted octanol–water partition coefficient (Wildman–Crippen LogP) is 1.25. The average Bonchev–Trinajstić information content (AvgIpc) is 2.61. The molecule has 0 bridgehead atoms. The fourth-order valence-corrected chi connectivity index (χ4v) is 3.34. The van der Waals surface area contributed by atoms with Crippen LogP contribution in [0, 0.1) is 0 Å². The molecule has 1 N–H and O–H groups in total. The van der Waals surface area contributed by atoms with Gasteiger partial charge >= 0.3 is 5.51 Å². The summed E-state index contributed by atoms with van der Waals surface area (Å²) < 4.78 is 60.7. The molecule has 1 heterocycles. The van der Waals surface area contributed by atoms with Crippen molar-refractivity contribution in [2.45, 2.75) is 10.4 Å². The van der Waals surface area contributed by atoms with E-state index < -0.39 is 26.1 Å². The molecular formula is C16H18F3N3O4S. The zero-order valence-electron chi connectivity index (χ0n) is 14.2. The molecule has 1 aromatic rings. The van der Waals surface area contributed by atoms with Gasteiger partial charge in [0.05, 0.1) is 11.4 Å². The first-order valence-corrected chi connectivity index (χ1v) is 9.38. The maximum Gasteiger partial charge on any atom is 0.501 e. The van der Waals surface area contributed by atoms with Crippen LogP contribution in [0.1, 0.15) is 0 Å². The molecule has 148 valence electrons. The first kappa shape index (κ1) is 20.9. The molecule has 0 radical (unpaired) electrons. The van der Waals surface area contributed by atoms with Gasteiger partial charge < -0.3 is 10.2 Å². The van der Waals surface area contributed by atoms with E-state index in [9.17, 15) is 31.2 Å². The lowest BCUT2D eigenvalue weighted by atomic mass is 10.3. The third-order valence-corrected chi connectivity index (χ3v) is 5.44. The molecular weight excluding hydrogens is 387 g/mol. The maximum absolute atomic E-state index is 12.6. The molecule has 0 aromatic heterocycles. The minimum atomic E-state index is -5.49. The fourth-order valence-electron chi connectivity index (χ4n) is 2.53. The molecule has 0 saturated carbocycles. The van der Waals surface area contributed by atoms with E-state index in [4.69, 9.17) is 0 Å². The van der Waals surface area contributed by atoms with Crippen LogP contribution in [0.5, 0.6) is 0 Å². The van der Waals surface area contributed by atoms with Crippen molar-refractivity contribution in [3.8, 4) is 0 Å². The van der Waals surface area contributed by atoms with Gasteiger partial charge in [-0.25, -0.2) is 8.42 Å². The van der Waals surface area contributed by atoms with Crippen molar-refractivity contribution in [2.24, 2.45) is 0 Å². The largest absolute Gasteiger partial charge is 0.501 e. The van der Waals surface area contributed by atoms with Crippen LogP contribution in [0.3, 0.4) is 0 Å². The number of alkyl halides is 3. The summed E-state index contributed by atoms with van der Waals surface area (Å²) in [6, 6.07) is 4.00. The quantitative estimate of drug-likeness (QED) is 0.745. The highest BCUT2D eigenvalue weighted by Crippen LogP contribution is 2.31. The van der Waals surface area contributed by atoms with Gasteiger partial charge in [0.1, 0.15) is 0 Å². The molecule has 1 aliphatic rings. The van der Waals surface area contributed by atoms with E-state index in [-0.39, 0.29) is 18.1 Å². The van der Waals surface area contributed by atoms with E-state index in [1.165, 1.54) is 12.1 Å². The molecule has 2 amide bonds. The average molecular weight is 405 g/mol. The van der Waals surface area contributed by atoms with Crippen LogP contribution in [0.15, 0.2) is 41.8 Å². The smallest absolute Gasteiger partial charge is 0.337 e. The molecule has 0 unspecified atom stereocenters. The molecule has 1 saturated heterocycles. The summed E-state index contributed by atoms with van der Waals surface area (Å²) in [6.45, 7) is 5.14. The minimum absolute atomic E-state index is 0.0353. The highest BCUT2D eigenvalue weighted by Gasteiger charge is 2.46. The van der Waals surface area contributed by atoms with E-state index in [1.807, 2.05) is 0 Å². The summed E-state index contributed by atoms with van der Waals surface area (Å²) in [4.78, 5) is 26.0. The Labute approximate surface area is 154 Å². The summed E-state index contributed by atoms with van der Waals surface area (Å²) in [6.07, 6.45) is 1.21. The van der Waals surface area contributed by atoms with Crippen molar-refractivity contribution in [1.82, 2.24) is 9.80 Å². The monoisotopic (exact) mass is 405 g/mol. The first-order chi connectivity index (χ1) is 12.5. The normalized spacial score (nSPS) is 16.0. The standard InChI is InChI=1S/C16H18F3N3O4S/c1-2-15(24)22-8-6-21(7-9-22)11-14(23)20-12-4-3-5-13(10-12)27(25,26)16(17,18)19/h2-5,10H,1,6-9,11H2,(H,20,23). The Morgan fingerprint density at radius 2 is 1.81 bits per heavy atom. The Morgan fingerprint density at radius 3 is 2.37 bits per heavy atom. The summed E-state index contributed by atoms with van der Waals surface area (Å²) in [5, 5.41) is 2.39. The van der Waals surface area contributed by atoms with E-state index in [0.29, 0.717) is 26.2 Å². The van der Waals surface area contributed by atoms with E-state index in [0.717, 1.165) is 18.2 Å². The second kappa shape index (κ2) is 8.09. The van der Waals surface area contributed by atoms with E-state index in [1.54, 1.807) is 9.80 Å². The van der Waals surface area contributed by atoms with E-state index in [2.05, 4.69) is 11.9 Å². The SMILES string of the molecule is C=CC(=O)N1CCN(CC(=O)Nc2cccc(S(=O)(=O)C(F)(F)F)c2)CC1. The van der Waals surface area contributed by atoms with Crippen LogP contribution in [-0.2, 0) is 19.4 Å². The summed E-state index contributed by atoms with van der Waals surface area (Å²) >= 11 is 0. The number of piperazine rings is 1.